The first kappa shape index (κ1) is 20.2. The molecule has 1 saturated heterocycles. The predicted octanol–water partition coefficient (Wildman–Crippen LogP) is 4.03. The molecule has 0 spiro atoms. The van der Waals surface area contributed by atoms with Crippen LogP contribution >= 0.6 is 0 Å². The van der Waals surface area contributed by atoms with Crippen LogP contribution in [0.25, 0.3) is 10.9 Å². The zero-order valence-corrected chi connectivity index (χ0v) is 18.4. The fourth-order valence-corrected chi connectivity index (χ4v) is 4.73. The lowest BCUT2D eigenvalue weighted by Gasteiger charge is -2.32. The van der Waals surface area contributed by atoms with Crippen LogP contribution in [-0.4, -0.2) is 35.9 Å². The highest BCUT2D eigenvalue weighted by atomic mass is 16.7. The summed E-state index contributed by atoms with van der Waals surface area (Å²) in [6.07, 6.45) is -0.130. The second kappa shape index (κ2) is 6.92. The van der Waals surface area contributed by atoms with E-state index in [2.05, 4.69) is 18.8 Å². The van der Waals surface area contributed by atoms with E-state index in [1.54, 1.807) is 0 Å². The molecule has 2 heterocycles. The molecule has 31 heavy (non-hydrogen) atoms. The van der Waals surface area contributed by atoms with Crippen LogP contribution in [0.5, 0.6) is 5.75 Å². The topological polar surface area (TPSA) is 86.6 Å². The summed E-state index contributed by atoms with van der Waals surface area (Å²) in [6.45, 7) is 9.40. The number of ketones is 1. The van der Waals surface area contributed by atoms with Gasteiger partial charge in [-0.3, -0.25) is 4.79 Å². The molecule has 0 radical (unpaired) electrons. The number of nitrogens with two attached hydrogens (primary N) is 1. The lowest BCUT2D eigenvalue weighted by molar-refractivity contribution is -0.141. The fraction of sp³-hybridized carbons (Fsp3) is 0.400. The summed E-state index contributed by atoms with van der Waals surface area (Å²) in [7, 11) is 0. The van der Waals surface area contributed by atoms with Gasteiger partial charge in [-0.1, -0.05) is 32.0 Å². The van der Waals surface area contributed by atoms with Crippen molar-refractivity contribution in [1.29, 1.82) is 0 Å². The Morgan fingerprint density at radius 3 is 2.68 bits per heavy atom. The van der Waals surface area contributed by atoms with Crippen LogP contribution in [0.15, 0.2) is 36.4 Å². The number of rotatable bonds is 4. The maximum absolute atomic E-state index is 13.6. The van der Waals surface area contributed by atoms with E-state index in [9.17, 15) is 4.79 Å². The molecule has 1 aromatic heterocycles. The largest absolute Gasteiger partial charge is 0.491 e. The number of nitrogens with one attached hydrogen (secondary N) is 1. The van der Waals surface area contributed by atoms with Crippen LogP contribution in [0.2, 0.25) is 0 Å². The maximum Gasteiger partial charge on any atom is 0.195 e. The first-order valence-electron chi connectivity index (χ1n) is 10.7. The second-order valence-corrected chi connectivity index (χ2v) is 9.38. The Labute approximate surface area is 181 Å². The summed E-state index contributed by atoms with van der Waals surface area (Å²) in [6, 6.07) is 11.8. The lowest BCUT2D eigenvalue weighted by Crippen LogP contribution is -2.30. The van der Waals surface area contributed by atoms with Gasteiger partial charge >= 0.3 is 0 Å². The van der Waals surface area contributed by atoms with E-state index in [4.69, 9.17) is 19.9 Å². The first-order chi connectivity index (χ1) is 14.7. The van der Waals surface area contributed by atoms with Crippen molar-refractivity contribution in [3.05, 3.63) is 64.3 Å². The highest BCUT2D eigenvalue weighted by molar-refractivity contribution is 6.20. The Kier molecular flexibility index (Phi) is 4.52. The molecule has 2 aliphatic rings. The van der Waals surface area contributed by atoms with Gasteiger partial charge in [0.05, 0.1) is 12.2 Å². The Morgan fingerprint density at radius 2 is 1.97 bits per heavy atom. The van der Waals surface area contributed by atoms with E-state index >= 15 is 0 Å². The molecule has 0 unspecified atom stereocenters. The molecule has 6 heteroatoms. The molecule has 5 rings (SSSR count). The van der Waals surface area contributed by atoms with Crippen LogP contribution in [0.4, 0.5) is 0 Å². The summed E-state index contributed by atoms with van der Waals surface area (Å²) >= 11 is 0. The highest BCUT2D eigenvalue weighted by Gasteiger charge is 2.40. The summed E-state index contributed by atoms with van der Waals surface area (Å²) in [5, 5.41) is 0.931. The summed E-state index contributed by atoms with van der Waals surface area (Å²) in [5.74, 6) is 0.0901. The number of carbonyl (C=O) groups excluding carboxylic acids is 1. The third kappa shape index (κ3) is 3.26. The number of hydrogen-bond donors (Lipinski definition) is 2. The summed E-state index contributed by atoms with van der Waals surface area (Å²) in [4.78, 5) is 17.1. The third-order valence-corrected chi connectivity index (χ3v) is 6.36. The van der Waals surface area contributed by atoms with Crippen LogP contribution in [0.3, 0.4) is 0 Å². The van der Waals surface area contributed by atoms with Gasteiger partial charge in [-0.05, 0) is 43.2 Å². The van der Waals surface area contributed by atoms with Gasteiger partial charge < -0.3 is 24.9 Å². The molecule has 1 aliphatic carbocycles. The van der Waals surface area contributed by atoms with E-state index in [-0.39, 0.29) is 17.3 Å². The van der Waals surface area contributed by atoms with Gasteiger partial charge in [0.1, 0.15) is 18.5 Å². The van der Waals surface area contributed by atoms with Crippen molar-refractivity contribution in [3.63, 3.8) is 0 Å². The molecule has 2 aromatic carbocycles. The zero-order chi connectivity index (χ0) is 22.0. The smallest absolute Gasteiger partial charge is 0.195 e. The van der Waals surface area contributed by atoms with Crippen LogP contribution in [-0.2, 0) is 21.4 Å². The molecule has 0 amide bonds. The average Bonchev–Trinajstić information content (AvgIpc) is 3.30. The van der Waals surface area contributed by atoms with Crippen LogP contribution in [0.1, 0.15) is 60.4 Å². The molecule has 1 atom stereocenters. The molecule has 1 fully saturated rings. The maximum atomic E-state index is 13.6. The van der Waals surface area contributed by atoms with E-state index in [0.29, 0.717) is 31.1 Å². The molecule has 6 nitrogen and oxygen atoms in total. The summed E-state index contributed by atoms with van der Waals surface area (Å²) < 4.78 is 17.4. The molecule has 3 N–H and O–H groups in total. The molecular weight excluding hydrogens is 392 g/mol. The van der Waals surface area contributed by atoms with Crippen molar-refractivity contribution >= 4 is 16.7 Å². The Hall–Kier alpha value is -2.67. The van der Waals surface area contributed by atoms with Crippen molar-refractivity contribution in [2.45, 2.75) is 51.5 Å². The standard InChI is InChI=1S/C25H28N2O4/c1-24(2)19-8-6-15(29-12-16-13-30-25(3,4)31-16)10-18(19)22(28)21-17-7-5-14(11-26)9-20(17)27-23(21)24/h5-10,16,27H,11-13,26H2,1-4H3/t16-/m0/s1. The second-order valence-electron chi connectivity index (χ2n) is 9.38. The van der Waals surface area contributed by atoms with E-state index < -0.39 is 5.79 Å². The number of aromatic amines is 1. The normalized spacial score (nSPS) is 21.2. The van der Waals surface area contributed by atoms with E-state index in [0.717, 1.165) is 33.3 Å². The van der Waals surface area contributed by atoms with Crippen LogP contribution < -0.4 is 10.5 Å². The van der Waals surface area contributed by atoms with Gasteiger partial charge in [0.25, 0.3) is 0 Å². The molecule has 0 saturated carbocycles. The Morgan fingerprint density at radius 1 is 1.16 bits per heavy atom. The number of fused-ring (bicyclic) bond motifs is 4. The fourth-order valence-electron chi connectivity index (χ4n) is 4.73. The molecule has 3 aromatic rings. The lowest BCUT2D eigenvalue weighted by atomic mass is 9.71. The minimum Gasteiger partial charge on any atom is -0.491 e. The number of carbonyl (C=O) groups is 1. The number of benzene rings is 2. The van der Waals surface area contributed by atoms with Crippen molar-refractivity contribution in [1.82, 2.24) is 4.98 Å². The molecule has 0 bridgehead atoms. The Bertz CT molecular complexity index is 1190. The zero-order valence-electron chi connectivity index (χ0n) is 18.4. The van der Waals surface area contributed by atoms with Crippen LogP contribution in [0, 0.1) is 0 Å². The number of ether oxygens (including phenoxy) is 3. The summed E-state index contributed by atoms with van der Waals surface area (Å²) in [5.41, 5.74) is 10.8. The number of hydrogen-bond acceptors (Lipinski definition) is 5. The van der Waals surface area contributed by atoms with Crippen molar-refractivity contribution in [2.24, 2.45) is 5.73 Å². The predicted molar refractivity (Wildman–Crippen MR) is 119 cm³/mol. The molecule has 162 valence electrons. The van der Waals surface area contributed by atoms with Gasteiger partial charge in [-0.2, -0.15) is 0 Å². The van der Waals surface area contributed by atoms with E-state index in [1.807, 2.05) is 50.2 Å². The quantitative estimate of drug-likeness (QED) is 0.666. The third-order valence-electron chi connectivity index (χ3n) is 6.36. The van der Waals surface area contributed by atoms with Crippen molar-refractivity contribution in [2.75, 3.05) is 13.2 Å². The van der Waals surface area contributed by atoms with Gasteiger partial charge in [-0.15, -0.1) is 0 Å². The monoisotopic (exact) mass is 420 g/mol. The average molecular weight is 421 g/mol. The Balaban J connectivity index is 1.50. The molecular formula is C25H28N2O4. The van der Waals surface area contributed by atoms with Crippen molar-refractivity contribution < 1.29 is 19.0 Å². The first-order valence-corrected chi connectivity index (χ1v) is 10.7. The van der Waals surface area contributed by atoms with Gasteiger partial charge in [0.15, 0.2) is 11.6 Å². The minimum atomic E-state index is -0.584. The number of H-pyrrole nitrogens is 1. The van der Waals surface area contributed by atoms with Gasteiger partial charge in [-0.25, -0.2) is 0 Å². The van der Waals surface area contributed by atoms with Gasteiger partial charge in [0.2, 0.25) is 0 Å². The highest BCUT2D eigenvalue weighted by Crippen LogP contribution is 2.44. The molecule has 1 aliphatic heterocycles. The van der Waals surface area contributed by atoms with Gasteiger partial charge in [0, 0.05) is 34.1 Å². The number of aromatic nitrogens is 1. The van der Waals surface area contributed by atoms with E-state index in [1.165, 1.54) is 0 Å². The minimum absolute atomic E-state index is 0.0168. The SMILES string of the molecule is CC1(C)OC[C@H](COc2ccc3c(c2)C(=O)c2c([nH]c4cc(CN)ccc24)C3(C)C)O1. The van der Waals surface area contributed by atoms with Crippen molar-refractivity contribution in [3.8, 4) is 5.75 Å².